The molecule has 1 saturated carbocycles. The van der Waals surface area contributed by atoms with E-state index in [1.165, 1.54) is 0 Å². The minimum absolute atomic E-state index is 0.0656. The lowest BCUT2D eigenvalue weighted by Crippen LogP contribution is -2.27. The molecule has 0 aliphatic heterocycles. The first-order chi connectivity index (χ1) is 6.16. The number of H-pyrrole nitrogens is 1. The third-order valence-electron chi connectivity index (χ3n) is 2.08. The highest BCUT2D eigenvalue weighted by Crippen LogP contribution is 2.28. The van der Waals surface area contributed by atoms with Crippen molar-refractivity contribution in [3.05, 3.63) is 16.4 Å². The van der Waals surface area contributed by atoms with Gasteiger partial charge in [-0.2, -0.15) is 0 Å². The third-order valence-corrected chi connectivity index (χ3v) is 2.08. The van der Waals surface area contributed by atoms with Crippen molar-refractivity contribution in [1.29, 1.82) is 0 Å². The largest absolute Gasteiger partial charge is 0.439 e. The van der Waals surface area contributed by atoms with Crippen LogP contribution in [-0.2, 0) is 0 Å². The van der Waals surface area contributed by atoms with E-state index in [0.29, 0.717) is 5.92 Å². The van der Waals surface area contributed by atoms with Crippen molar-refractivity contribution in [3.8, 4) is 0 Å². The highest BCUT2D eigenvalue weighted by Gasteiger charge is 2.34. The van der Waals surface area contributed by atoms with E-state index in [-0.39, 0.29) is 17.8 Å². The van der Waals surface area contributed by atoms with E-state index in [1.807, 2.05) is 6.92 Å². The molecule has 70 valence electrons. The van der Waals surface area contributed by atoms with Gasteiger partial charge in [0.25, 0.3) is 5.91 Å². The van der Waals surface area contributed by atoms with Gasteiger partial charge >= 0.3 is 5.76 Å². The van der Waals surface area contributed by atoms with Crippen molar-refractivity contribution in [2.75, 3.05) is 0 Å². The molecule has 2 rings (SSSR count). The fraction of sp³-hybridized carbons (Fsp3) is 0.571. The summed E-state index contributed by atoms with van der Waals surface area (Å²) >= 11 is 0. The zero-order valence-corrected chi connectivity index (χ0v) is 7.03. The maximum absolute atomic E-state index is 11.3. The fourth-order valence-corrected chi connectivity index (χ4v) is 1.09. The van der Waals surface area contributed by atoms with Crippen molar-refractivity contribution in [1.82, 2.24) is 15.5 Å². The van der Waals surface area contributed by atoms with Crippen LogP contribution in [0.2, 0.25) is 0 Å². The molecule has 1 aliphatic carbocycles. The van der Waals surface area contributed by atoms with E-state index in [4.69, 9.17) is 0 Å². The van der Waals surface area contributed by atoms with Crippen LogP contribution >= 0.6 is 0 Å². The van der Waals surface area contributed by atoms with Crippen LogP contribution in [0.25, 0.3) is 0 Å². The number of amides is 1. The quantitative estimate of drug-likeness (QED) is 0.647. The van der Waals surface area contributed by atoms with Crippen LogP contribution in [0.3, 0.4) is 0 Å². The first-order valence-electron chi connectivity index (χ1n) is 4.03. The van der Waals surface area contributed by atoms with Gasteiger partial charge in [-0.3, -0.25) is 14.3 Å². The Morgan fingerprint density at radius 3 is 2.92 bits per heavy atom. The van der Waals surface area contributed by atoms with E-state index in [0.717, 1.165) is 6.42 Å². The lowest BCUT2D eigenvalue weighted by molar-refractivity contribution is 0.0936. The Balaban J connectivity index is 2.01. The Bertz CT molecular complexity index is 380. The molecular formula is C7H9N3O3. The molecule has 1 aliphatic rings. The van der Waals surface area contributed by atoms with Gasteiger partial charge in [-0.05, 0) is 17.5 Å². The molecule has 1 fully saturated rings. The Morgan fingerprint density at radius 1 is 1.77 bits per heavy atom. The van der Waals surface area contributed by atoms with Gasteiger partial charge in [-0.1, -0.05) is 6.92 Å². The van der Waals surface area contributed by atoms with Gasteiger partial charge in [0.05, 0.1) is 0 Å². The standard InChI is InChI=1S/C7H9N3O3/c1-3-2-4(3)8-6(11)5-9-7(12)13-10-5/h3-4H,2H2,1H3,(H,8,11)(H,9,10,12). The van der Waals surface area contributed by atoms with Gasteiger partial charge in [-0.15, -0.1) is 0 Å². The summed E-state index contributed by atoms with van der Waals surface area (Å²) in [5, 5.41) is 5.97. The summed E-state index contributed by atoms with van der Waals surface area (Å²) in [7, 11) is 0. The molecule has 6 nitrogen and oxygen atoms in total. The number of hydrogen-bond donors (Lipinski definition) is 2. The first kappa shape index (κ1) is 8.03. The molecule has 0 aromatic carbocycles. The molecule has 13 heavy (non-hydrogen) atoms. The maximum Gasteiger partial charge on any atom is 0.439 e. The summed E-state index contributed by atoms with van der Waals surface area (Å²) < 4.78 is 4.19. The minimum Gasteiger partial charge on any atom is -0.346 e. The molecule has 1 heterocycles. The first-order valence-corrected chi connectivity index (χ1v) is 4.03. The summed E-state index contributed by atoms with van der Waals surface area (Å²) in [5.74, 6) is -0.652. The number of nitrogens with one attached hydrogen (secondary N) is 2. The van der Waals surface area contributed by atoms with Crippen LogP contribution in [-0.4, -0.2) is 22.1 Å². The zero-order chi connectivity index (χ0) is 9.42. The van der Waals surface area contributed by atoms with Crippen LogP contribution in [0.4, 0.5) is 0 Å². The third kappa shape index (κ3) is 1.61. The summed E-state index contributed by atoms with van der Waals surface area (Å²) in [6, 6.07) is 0.215. The fourth-order valence-electron chi connectivity index (χ4n) is 1.09. The minimum atomic E-state index is -0.714. The molecule has 1 aromatic heterocycles. The van der Waals surface area contributed by atoms with Crippen molar-refractivity contribution in [2.24, 2.45) is 5.92 Å². The molecule has 2 unspecified atom stereocenters. The van der Waals surface area contributed by atoms with E-state index >= 15 is 0 Å². The van der Waals surface area contributed by atoms with Gasteiger partial charge in [0.15, 0.2) is 0 Å². The lowest BCUT2D eigenvalue weighted by atomic mass is 10.4. The molecular weight excluding hydrogens is 174 g/mol. The Labute approximate surface area is 73.3 Å². The lowest BCUT2D eigenvalue weighted by Gasteiger charge is -1.97. The van der Waals surface area contributed by atoms with Gasteiger partial charge in [0, 0.05) is 6.04 Å². The average Bonchev–Trinajstić information content (AvgIpc) is 2.62. The number of rotatable bonds is 2. The molecule has 1 aromatic rings. The molecule has 1 amide bonds. The number of hydrogen-bond acceptors (Lipinski definition) is 4. The van der Waals surface area contributed by atoms with E-state index in [9.17, 15) is 9.59 Å². The van der Waals surface area contributed by atoms with Crippen molar-refractivity contribution < 1.29 is 9.32 Å². The van der Waals surface area contributed by atoms with Crippen LogP contribution in [0, 0.1) is 5.92 Å². The normalized spacial score (nSPS) is 25.6. The van der Waals surface area contributed by atoms with Crippen LogP contribution in [0.15, 0.2) is 9.32 Å². The van der Waals surface area contributed by atoms with Crippen LogP contribution < -0.4 is 11.1 Å². The topological polar surface area (TPSA) is 88.0 Å². The number of carbonyl (C=O) groups excluding carboxylic acids is 1. The molecule has 0 bridgehead atoms. The molecule has 0 saturated heterocycles. The average molecular weight is 183 g/mol. The highest BCUT2D eigenvalue weighted by atomic mass is 16.5. The molecule has 0 radical (unpaired) electrons. The van der Waals surface area contributed by atoms with Gasteiger partial charge < -0.3 is 5.32 Å². The zero-order valence-electron chi connectivity index (χ0n) is 7.03. The predicted octanol–water partition coefficient (Wildman–Crippen LogP) is -0.499. The predicted molar refractivity (Wildman–Crippen MR) is 42.2 cm³/mol. The summed E-state index contributed by atoms with van der Waals surface area (Å²) in [5.41, 5.74) is 0. The SMILES string of the molecule is CC1CC1NC(=O)c1noc(=O)[nH]1. The molecule has 6 heteroatoms. The molecule has 0 spiro atoms. The second kappa shape index (κ2) is 2.72. The number of aromatic nitrogens is 2. The van der Waals surface area contributed by atoms with E-state index < -0.39 is 5.76 Å². The van der Waals surface area contributed by atoms with Gasteiger partial charge in [0.1, 0.15) is 0 Å². The van der Waals surface area contributed by atoms with Crippen molar-refractivity contribution in [3.63, 3.8) is 0 Å². The molecule has 2 N–H and O–H groups in total. The Morgan fingerprint density at radius 2 is 2.46 bits per heavy atom. The molecule has 2 atom stereocenters. The second-order valence-corrected chi connectivity index (χ2v) is 3.24. The van der Waals surface area contributed by atoms with E-state index in [2.05, 4.69) is 20.0 Å². The Hall–Kier alpha value is -1.59. The van der Waals surface area contributed by atoms with Gasteiger partial charge in [-0.25, -0.2) is 4.79 Å². The maximum atomic E-state index is 11.3. The highest BCUT2D eigenvalue weighted by molar-refractivity contribution is 5.90. The second-order valence-electron chi connectivity index (χ2n) is 3.24. The van der Waals surface area contributed by atoms with Crippen LogP contribution in [0.5, 0.6) is 0 Å². The number of nitrogens with zero attached hydrogens (tertiary/aromatic N) is 1. The monoisotopic (exact) mass is 183 g/mol. The smallest absolute Gasteiger partial charge is 0.346 e. The summed E-state index contributed by atoms with van der Waals surface area (Å²) in [4.78, 5) is 23.9. The summed E-state index contributed by atoms with van der Waals surface area (Å²) in [6.45, 7) is 2.04. The summed E-state index contributed by atoms with van der Waals surface area (Å²) in [6.07, 6.45) is 0.980. The van der Waals surface area contributed by atoms with Gasteiger partial charge in [0.2, 0.25) is 5.82 Å². The van der Waals surface area contributed by atoms with Crippen LogP contribution in [0.1, 0.15) is 24.0 Å². The number of carbonyl (C=O) groups is 1. The Kier molecular flexibility index (Phi) is 1.68. The number of aromatic amines is 1. The van der Waals surface area contributed by atoms with Crippen molar-refractivity contribution in [2.45, 2.75) is 19.4 Å². The van der Waals surface area contributed by atoms with Crippen molar-refractivity contribution >= 4 is 5.91 Å². The van der Waals surface area contributed by atoms with E-state index in [1.54, 1.807) is 0 Å².